The summed E-state index contributed by atoms with van der Waals surface area (Å²) < 4.78 is 12.5. The monoisotopic (exact) mass is 465 g/mol. The summed E-state index contributed by atoms with van der Waals surface area (Å²) in [6, 6.07) is -0.205. The molecular weight excluding hydrogens is 430 g/mol. The minimum absolute atomic E-state index is 0.112. The fourth-order valence-corrected chi connectivity index (χ4v) is 2.44. The van der Waals surface area contributed by atoms with Crippen LogP contribution in [0.15, 0.2) is 6.20 Å². The Kier molecular flexibility index (Phi) is 15.9. The maximum Gasteiger partial charge on any atom is 0.308 e. The van der Waals surface area contributed by atoms with Crippen LogP contribution in [0.4, 0.5) is 0 Å². The Morgan fingerprint density at radius 3 is 2.12 bits per heavy atom. The Morgan fingerprint density at radius 2 is 1.59 bits per heavy atom. The summed E-state index contributed by atoms with van der Waals surface area (Å²) in [5.41, 5.74) is 0.895. The van der Waals surface area contributed by atoms with Gasteiger partial charge < -0.3 is 9.47 Å². The van der Waals surface area contributed by atoms with E-state index in [0.717, 1.165) is 5.69 Å². The highest BCUT2D eigenvalue weighted by Gasteiger charge is 2.20. The highest BCUT2D eigenvalue weighted by molar-refractivity contribution is 5.71. The SMILES string of the molecule is C#CC#CC#CC.CC#CC[C@@H](COC(=O)C(C)C)n1nncc1C[C@@H](C)COC(=O)C(C)C. The Bertz CT molecular complexity index is 998. The predicted octanol–water partition coefficient (Wildman–Crippen LogP) is 3.46. The van der Waals surface area contributed by atoms with Crippen LogP contribution in [0.25, 0.3) is 0 Å². The summed E-state index contributed by atoms with van der Waals surface area (Å²) in [5.74, 6) is 17.2. The van der Waals surface area contributed by atoms with Gasteiger partial charge in [-0.2, -0.15) is 0 Å². The molecule has 1 aromatic heterocycles. The second-order valence-corrected chi connectivity index (χ2v) is 8.10. The summed E-state index contributed by atoms with van der Waals surface area (Å²) in [7, 11) is 0. The molecular formula is C27H35N3O4. The number of hydrogen-bond donors (Lipinski definition) is 0. The second kappa shape index (κ2) is 17.8. The maximum absolute atomic E-state index is 11.8. The van der Waals surface area contributed by atoms with Crippen LogP contribution in [-0.4, -0.2) is 40.1 Å². The molecule has 0 aliphatic carbocycles. The third-order valence-electron chi connectivity index (χ3n) is 4.26. The van der Waals surface area contributed by atoms with Crippen molar-refractivity contribution in [3.05, 3.63) is 11.9 Å². The Morgan fingerprint density at radius 1 is 0.971 bits per heavy atom. The van der Waals surface area contributed by atoms with E-state index in [9.17, 15) is 9.59 Å². The van der Waals surface area contributed by atoms with Crippen LogP contribution >= 0.6 is 0 Å². The largest absolute Gasteiger partial charge is 0.465 e. The number of esters is 2. The van der Waals surface area contributed by atoms with Crippen LogP contribution in [0.5, 0.6) is 0 Å². The normalized spacial score (nSPS) is 11.1. The molecule has 34 heavy (non-hydrogen) atoms. The van der Waals surface area contributed by atoms with Crippen molar-refractivity contribution in [3.63, 3.8) is 0 Å². The molecule has 2 atom stereocenters. The fourth-order valence-electron chi connectivity index (χ4n) is 2.44. The third kappa shape index (κ3) is 13.0. The minimum Gasteiger partial charge on any atom is -0.465 e. The molecule has 0 bridgehead atoms. The van der Waals surface area contributed by atoms with Gasteiger partial charge in [0.25, 0.3) is 0 Å². The van der Waals surface area contributed by atoms with Crippen LogP contribution in [0, 0.1) is 65.6 Å². The minimum atomic E-state index is -0.250. The highest BCUT2D eigenvalue weighted by atomic mass is 16.5. The maximum atomic E-state index is 11.8. The van der Waals surface area contributed by atoms with Crippen LogP contribution < -0.4 is 0 Å². The van der Waals surface area contributed by atoms with Gasteiger partial charge >= 0.3 is 11.9 Å². The molecule has 7 nitrogen and oxygen atoms in total. The molecule has 1 heterocycles. The first-order valence-electron chi connectivity index (χ1n) is 11.2. The summed E-state index contributed by atoms with van der Waals surface area (Å²) in [5, 5.41) is 8.17. The van der Waals surface area contributed by atoms with Gasteiger partial charge in [0.15, 0.2) is 0 Å². The summed E-state index contributed by atoms with van der Waals surface area (Å²) in [6.07, 6.45) is 7.62. The Balaban J connectivity index is 0.00000135. The molecule has 0 spiro atoms. The number of rotatable bonds is 10. The number of terminal acetylenes is 1. The molecule has 1 rings (SSSR count). The number of nitrogens with zero attached hydrogens (tertiary/aromatic N) is 3. The van der Waals surface area contributed by atoms with Crippen LogP contribution in [0.2, 0.25) is 0 Å². The average Bonchev–Trinajstić information content (AvgIpc) is 3.25. The standard InChI is InChI=1S/C20H31N3O4.C7H4/c1-7-8-9-17(13-27-20(25)15(4)5)23-18(11-21-22-23)10-16(6)12-26-19(24)14(2)3;1-3-5-7-6-4-2/h11,14-17H,9-10,12-13H2,1-6H3;1H,2H3/t16-,17+;/m1./s1. The molecule has 0 fully saturated rings. The molecule has 0 N–H and O–H groups in total. The van der Waals surface area contributed by atoms with Gasteiger partial charge in [0.05, 0.1) is 36.4 Å². The van der Waals surface area contributed by atoms with Crippen molar-refractivity contribution < 1.29 is 19.1 Å². The molecule has 0 aliphatic rings. The van der Waals surface area contributed by atoms with E-state index in [2.05, 4.69) is 51.8 Å². The topological polar surface area (TPSA) is 83.3 Å². The lowest BCUT2D eigenvalue weighted by Crippen LogP contribution is -2.24. The van der Waals surface area contributed by atoms with Gasteiger partial charge in [-0.05, 0) is 49.9 Å². The van der Waals surface area contributed by atoms with Crippen LogP contribution in [-0.2, 0) is 25.5 Å². The van der Waals surface area contributed by atoms with Crippen molar-refractivity contribution in [1.29, 1.82) is 0 Å². The predicted molar refractivity (Wildman–Crippen MR) is 132 cm³/mol. The summed E-state index contributed by atoms with van der Waals surface area (Å²) in [4.78, 5) is 23.4. The zero-order valence-corrected chi connectivity index (χ0v) is 21.3. The molecule has 0 saturated carbocycles. The summed E-state index contributed by atoms with van der Waals surface area (Å²) >= 11 is 0. The van der Waals surface area contributed by atoms with E-state index in [1.54, 1.807) is 38.6 Å². The Hall–Kier alpha value is -3.68. The zero-order valence-electron chi connectivity index (χ0n) is 21.3. The van der Waals surface area contributed by atoms with Crippen molar-refractivity contribution in [1.82, 2.24) is 15.0 Å². The lowest BCUT2D eigenvalue weighted by molar-refractivity contribution is -0.149. The quantitative estimate of drug-likeness (QED) is 0.389. The average molecular weight is 466 g/mol. The molecule has 0 saturated heterocycles. The van der Waals surface area contributed by atoms with Gasteiger partial charge in [0.1, 0.15) is 6.61 Å². The molecule has 7 heteroatoms. The molecule has 182 valence electrons. The molecule has 0 amide bonds. The van der Waals surface area contributed by atoms with Crippen molar-refractivity contribution in [2.75, 3.05) is 13.2 Å². The molecule has 0 aromatic carbocycles. The van der Waals surface area contributed by atoms with Gasteiger partial charge in [0, 0.05) is 6.42 Å². The smallest absolute Gasteiger partial charge is 0.308 e. The van der Waals surface area contributed by atoms with Crippen molar-refractivity contribution >= 4 is 11.9 Å². The molecule has 0 radical (unpaired) electrons. The number of hydrogen-bond acceptors (Lipinski definition) is 6. The second-order valence-electron chi connectivity index (χ2n) is 8.10. The highest BCUT2D eigenvalue weighted by Crippen LogP contribution is 2.17. The van der Waals surface area contributed by atoms with Crippen molar-refractivity contribution in [3.8, 4) is 47.9 Å². The fraction of sp³-hybridized carbons (Fsp3) is 0.556. The number of carbonyl (C=O) groups excluding carboxylic acids is 2. The van der Waals surface area contributed by atoms with Gasteiger partial charge in [-0.15, -0.1) is 23.4 Å². The van der Waals surface area contributed by atoms with E-state index in [-0.39, 0.29) is 42.3 Å². The van der Waals surface area contributed by atoms with E-state index in [1.165, 1.54) is 0 Å². The first kappa shape index (κ1) is 30.3. The third-order valence-corrected chi connectivity index (χ3v) is 4.26. The van der Waals surface area contributed by atoms with Gasteiger partial charge in [-0.25, -0.2) is 4.68 Å². The lowest BCUT2D eigenvalue weighted by Gasteiger charge is -2.19. The number of carbonyl (C=O) groups is 2. The Labute approximate surface area is 204 Å². The van der Waals surface area contributed by atoms with Crippen LogP contribution in [0.3, 0.4) is 0 Å². The van der Waals surface area contributed by atoms with Gasteiger partial charge in [-0.3, -0.25) is 9.59 Å². The van der Waals surface area contributed by atoms with E-state index < -0.39 is 0 Å². The van der Waals surface area contributed by atoms with Crippen LogP contribution in [0.1, 0.15) is 66.6 Å². The zero-order chi connectivity index (χ0) is 25.9. The van der Waals surface area contributed by atoms with Crippen molar-refractivity contribution in [2.24, 2.45) is 17.8 Å². The van der Waals surface area contributed by atoms with E-state index in [1.807, 2.05) is 20.8 Å². The molecule has 0 aliphatic heterocycles. The lowest BCUT2D eigenvalue weighted by atomic mass is 10.1. The first-order chi connectivity index (χ1) is 16.2. The molecule has 0 unspecified atom stereocenters. The number of aromatic nitrogens is 3. The van der Waals surface area contributed by atoms with E-state index >= 15 is 0 Å². The van der Waals surface area contributed by atoms with Gasteiger partial charge in [0.2, 0.25) is 0 Å². The van der Waals surface area contributed by atoms with Gasteiger partial charge in [-0.1, -0.05) is 45.8 Å². The van der Waals surface area contributed by atoms with E-state index in [4.69, 9.17) is 15.9 Å². The van der Waals surface area contributed by atoms with E-state index in [0.29, 0.717) is 19.4 Å². The molecule has 1 aromatic rings. The first-order valence-corrected chi connectivity index (χ1v) is 11.2. The summed E-state index contributed by atoms with van der Waals surface area (Å²) in [6.45, 7) is 13.2. The van der Waals surface area contributed by atoms with Crippen molar-refractivity contribution in [2.45, 2.75) is 67.3 Å². The number of ether oxygens (including phenoxy) is 2.